The van der Waals surface area contributed by atoms with Gasteiger partial charge in [0.05, 0.1) is 12.5 Å². The maximum atomic E-state index is 12.6. The quantitative estimate of drug-likeness (QED) is 0.718. The van der Waals surface area contributed by atoms with Crippen molar-refractivity contribution in [3.05, 3.63) is 29.8 Å². The lowest BCUT2D eigenvalue weighted by molar-refractivity contribution is -0.160. The van der Waals surface area contributed by atoms with E-state index < -0.39 is 6.10 Å². The van der Waals surface area contributed by atoms with Gasteiger partial charge in [0, 0.05) is 18.0 Å². The summed E-state index contributed by atoms with van der Waals surface area (Å²) in [7, 11) is 0. The van der Waals surface area contributed by atoms with Crippen LogP contribution >= 0.6 is 11.8 Å². The zero-order valence-electron chi connectivity index (χ0n) is 15.7. The Labute approximate surface area is 163 Å². The summed E-state index contributed by atoms with van der Waals surface area (Å²) in [6.45, 7) is 4.73. The molecule has 6 nitrogen and oxygen atoms in total. The maximum Gasteiger partial charge on any atom is 0.320 e. The molecular weight excluding hydrogens is 366 g/mol. The molecule has 1 saturated heterocycles. The standard InChI is InChI=1S/C20H25NO5S/c1-3-25-19(23)14-8-10-21(11-9-14)18(22)13(2)26-20(24)17-12-15-6-4-5-7-16(15)27-17/h4-7,13-14,17H,3,8-12H2,1-2H3. The minimum Gasteiger partial charge on any atom is -0.466 e. The lowest BCUT2D eigenvalue weighted by Gasteiger charge is -2.32. The molecule has 0 spiro atoms. The number of esters is 2. The summed E-state index contributed by atoms with van der Waals surface area (Å²) < 4.78 is 10.5. The van der Waals surface area contributed by atoms with Crippen LogP contribution in [0.15, 0.2) is 29.2 Å². The number of likely N-dealkylation sites (tertiary alicyclic amines) is 1. The van der Waals surface area contributed by atoms with E-state index in [-0.39, 0.29) is 29.0 Å². The van der Waals surface area contributed by atoms with Crippen LogP contribution in [-0.2, 0) is 30.3 Å². The van der Waals surface area contributed by atoms with Crippen LogP contribution in [0.5, 0.6) is 0 Å². The van der Waals surface area contributed by atoms with Crippen molar-refractivity contribution in [3.63, 3.8) is 0 Å². The number of piperidine rings is 1. The number of amides is 1. The summed E-state index contributed by atoms with van der Waals surface area (Å²) in [5.41, 5.74) is 1.14. The van der Waals surface area contributed by atoms with Crippen molar-refractivity contribution >= 4 is 29.6 Å². The molecule has 1 fully saturated rings. The van der Waals surface area contributed by atoms with E-state index in [1.54, 1.807) is 18.7 Å². The smallest absolute Gasteiger partial charge is 0.320 e. The Balaban J connectivity index is 1.47. The molecule has 7 heteroatoms. The molecular formula is C20H25NO5S. The van der Waals surface area contributed by atoms with Crippen LogP contribution in [0.25, 0.3) is 0 Å². The summed E-state index contributed by atoms with van der Waals surface area (Å²) in [6.07, 6.45) is 0.977. The second-order valence-electron chi connectivity index (χ2n) is 6.85. The van der Waals surface area contributed by atoms with E-state index in [0.717, 1.165) is 10.5 Å². The third-order valence-electron chi connectivity index (χ3n) is 4.98. The van der Waals surface area contributed by atoms with Crippen LogP contribution in [-0.4, -0.2) is 53.8 Å². The molecule has 2 aliphatic heterocycles. The van der Waals surface area contributed by atoms with E-state index in [2.05, 4.69) is 0 Å². The Kier molecular flexibility index (Phi) is 6.42. The lowest BCUT2D eigenvalue weighted by atomic mass is 9.97. The molecule has 2 heterocycles. The average Bonchev–Trinajstić information content (AvgIpc) is 3.12. The van der Waals surface area contributed by atoms with Gasteiger partial charge in [-0.15, -0.1) is 11.8 Å². The van der Waals surface area contributed by atoms with E-state index >= 15 is 0 Å². The van der Waals surface area contributed by atoms with Crippen molar-refractivity contribution < 1.29 is 23.9 Å². The zero-order chi connectivity index (χ0) is 19.4. The van der Waals surface area contributed by atoms with E-state index in [0.29, 0.717) is 39.0 Å². The highest BCUT2D eigenvalue weighted by Gasteiger charge is 2.34. The first-order valence-corrected chi connectivity index (χ1v) is 10.3. The number of rotatable bonds is 5. The first-order chi connectivity index (χ1) is 13.0. The second-order valence-corrected chi connectivity index (χ2v) is 8.09. The molecule has 27 heavy (non-hydrogen) atoms. The van der Waals surface area contributed by atoms with Crippen molar-refractivity contribution in [2.24, 2.45) is 5.92 Å². The SMILES string of the molecule is CCOC(=O)C1CCN(C(=O)C(C)OC(=O)C2Cc3ccccc3S2)CC1. The van der Waals surface area contributed by atoms with Gasteiger partial charge in [-0.3, -0.25) is 14.4 Å². The number of fused-ring (bicyclic) bond motifs is 1. The molecule has 0 aliphatic carbocycles. The van der Waals surface area contributed by atoms with Crippen LogP contribution in [0, 0.1) is 5.92 Å². The van der Waals surface area contributed by atoms with Gasteiger partial charge in [-0.25, -0.2) is 0 Å². The maximum absolute atomic E-state index is 12.6. The molecule has 3 rings (SSSR count). The van der Waals surface area contributed by atoms with Gasteiger partial charge >= 0.3 is 11.9 Å². The van der Waals surface area contributed by atoms with Crippen LogP contribution in [0.2, 0.25) is 0 Å². The van der Waals surface area contributed by atoms with Gasteiger partial charge in [-0.2, -0.15) is 0 Å². The Morgan fingerprint density at radius 3 is 2.56 bits per heavy atom. The number of ether oxygens (including phenoxy) is 2. The predicted octanol–water partition coefficient (Wildman–Crippen LogP) is 2.44. The van der Waals surface area contributed by atoms with Gasteiger partial charge < -0.3 is 14.4 Å². The molecule has 1 aromatic rings. The number of hydrogen-bond donors (Lipinski definition) is 0. The van der Waals surface area contributed by atoms with E-state index in [9.17, 15) is 14.4 Å². The van der Waals surface area contributed by atoms with E-state index in [1.165, 1.54) is 11.8 Å². The number of benzene rings is 1. The number of nitrogens with zero attached hydrogens (tertiary/aromatic N) is 1. The molecule has 1 amide bonds. The Hall–Kier alpha value is -2.02. The van der Waals surface area contributed by atoms with Crippen LogP contribution in [0.1, 0.15) is 32.3 Å². The predicted molar refractivity (Wildman–Crippen MR) is 101 cm³/mol. The summed E-state index contributed by atoms with van der Waals surface area (Å²) in [6, 6.07) is 7.91. The average molecular weight is 391 g/mol. The normalized spacial score (nSPS) is 20.7. The molecule has 0 N–H and O–H groups in total. The summed E-state index contributed by atoms with van der Waals surface area (Å²) in [4.78, 5) is 39.6. The molecule has 0 saturated carbocycles. The number of thioether (sulfide) groups is 1. The molecule has 2 aliphatic rings. The molecule has 0 radical (unpaired) electrons. The van der Waals surface area contributed by atoms with Gasteiger partial charge in [-0.05, 0) is 44.7 Å². The van der Waals surface area contributed by atoms with Crippen molar-refractivity contribution in [1.82, 2.24) is 4.90 Å². The Morgan fingerprint density at radius 1 is 1.19 bits per heavy atom. The summed E-state index contributed by atoms with van der Waals surface area (Å²) in [5, 5.41) is -0.299. The van der Waals surface area contributed by atoms with Crippen LogP contribution in [0.3, 0.4) is 0 Å². The van der Waals surface area contributed by atoms with Crippen molar-refractivity contribution in [1.29, 1.82) is 0 Å². The van der Waals surface area contributed by atoms with Crippen molar-refractivity contribution in [3.8, 4) is 0 Å². The first-order valence-electron chi connectivity index (χ1n) is 9.40. The molecule has 0 bridgehead atoms. The topological polar surface area (TPSA) is 72.9 Å². The van der Waals surface area contributed by atoms with Gasteiger partial charge in [0.1, 0.15) is 5.25 Å². The van der Waals surface area contributed by atoms with Gasteiger partial charge in [0.15, 0.2) is 6.10 Å². The number of carbonyl (C=O) groups is 3. The largest absolute Gasteiger partial charge is 0.466 e. The first kappa shape index (κ1) is 19.7. The number of carbonyl (C=O) groups excluding carboxylic acids is 3. The highest BCUT2D eigenvalue weighted by molar-refractivity contribution is 8.01. The lowest BCUT2D eigenvalue weighted by Crippen LogP contribution is -2.46. The van der Waals surface area contributed by atoms with E-state index in [4.69, 9.17) is 9.47 Å². The van der Waals surface area contributed by atoms with Gasteiger partial charge in [0.2, 0.25) is 0 Å². The monoisotopic (exact) mass is 391 g/mol. The molecule has 146 valence electrons. The van der Waals surface area contributed by atoms with Gasteiger partial charge in [-0.1, -0.05) is 18.2 Å². The summed E-state index contributed by atoms with van der Waals surface area (Å²) in [5.74, 6) is -0.897. The fourth-order valence-electron chi connectivity index (χ4n) is 3.47. The Morgan fingerprint density at radius 2 is 1.89 bits per heavy atom. The molecule has 0 aromatic heterocycles. The fourth-order valence-corrected chi connectivity index (χ4v) is 4.65. The van der Waals surface area contributed by atoms with Crippen LogP contribution < -0.4 is 0 Å². The van der Waals surface area contributed by atoms with Crippen LogP contribution in [0.4, 0.5) is 0 Å². The summed E-state index contributed by atoms with van der Waals surface area (Å²) >= 11 is 1.49. The van der Waals surface area contributed by atoms with E-state index in [1.807, 2.05) is 24.3 Å². The second kappa shape index (κ2) is 8.78. The minimum absolute atomic E-state index is 0.153. The molecule has 2 unspecified atom stereocenters. The highest BCUT2D eigenvalue weighted by Crippen LogP contribution is 2.37. The zero-order valence-corrected chi connectivity index (χ0v) is 16.5. The number of hydrogen-bond acceptors (Lipinski definition) is 6. The van der Waals surface area contributed by atoms with Gasteiger partial charge in [0.25, 0.3) is 5.91 Å². The fraction of sp³-hybridized carbons (Fsp3) is 0.550. The Bertz CT molecular complexity index is 689. The highest BCUT2D eigenvalue weighted by atomic mass is 32.2. The molecule has 2 atom stereocenters. The third kappa shape index (κ3) is 4.64. The molecule has 1 aromatic carbocycles. The van der Waals surface area contributed by atoms with Crippen molar-refractivity contribution in [2.45, 2.75) is 49.4 Å². The minimum atomic E-state index is -0.819. The third-order valence-corrected chi connectivity index (χ3v) is 6.27. The van der Waals surface area contributed by atoms with Crippen molar-refractivity contribution in [2.75, 3.05) is 19.7 Å².